The van der Waals surface area contributed by atoms with Gasteiger partial charge in [0.2, 0.25) is 0 Å². The van der Waals surface area contributed by atoms with Crippen LogP contribution in [0.25, 0.3) is 0 Å². The van der Waals surface area contributed by atoms with Crippen molar-refractivity contribution in [3.63, 3.8) is 0 Å². The first-order chi connectivity index (χ1) is 7.53. The minimum atomic E-state index is -0.705. The van der Waals surface area contributed by atoms with Gasteiger partial charge in [0.25, 0.3) is 0 Å². The molecule has 0 unspecified atom stereocenters. The van der Waals surface area contributed by atoms with Crippen LogP contribution in [-0.2, 0) is 9.53 Å². The number of likely N-dealkylation sites (N-methyl/N-ethyl adjacent to an activating group) is 1. The van der Waals surface area contributed by atoms with Crippen LogP contribution in [0, 0.1) is 0 Å². The molecule has 0 aromatic rings. The van der Waals surface area contributed by atoms with Gasteiger partial charge in [0.05, 0.1) is 6.61 Å². The SMILES string of the molecule is COCCN1CCC(C(=O)O)(N(C)C)CC1. The Hall–Kier alpha value is -0.650. The third kappa shape index (κ3) is 2.72. The summed E-state index contributed by atoms with van der Waals surface area (Å²) in [4.78, 5) is 15.4. The predicted octanol–water partition coefficient (Wildman–Crippen LogP) is 0.114. The zero-order valence-electron chi connectivity index (χ0n) is 10.4. The molecule has 1 fully saturated rings. The number of carbonyl (C=O) groups is 1. The van der Waals surface area contributed by atoms with E-state index in [2.05, 4.69) is 4.90 Å². The molecule has 0 spiro atoms. The molecule has 94 valence electrons. The molecule has 0 radical (unpaired) electrons. The molecule has 0 aromatic carbocycles. The van der Waals surface area contributed by atoms with Gasteiger partial charge in [0, 0.05) is 26.7 Å². The largest absolute Gasteiger partial charge is 0.480 e. The number of nitrogens with zero attached hydrogens (tertiary/aromatic N) is 2. The maximum Gasteiger partial charge on any atom is 0.324 e. The summed E-state index contributed by atoms with van der Waals surface area (Å²) < 4.78 is 5.02. The summed E-state index contributed by atoms with van der Waals surface area (Å²) >= 11 is 0. The molecule has 5 heteroatoms. The molecule has 1 rings (SSSR count). The molecule has 0 saturated carbocycles. The van der Waals surface area contributed by atoms with Gasteiger partial charge in [-0.2, -0.15) is 0 Å². The van der Waals surface area contributed by atoms with Crippen molar-refractivity contribution in [2.45, 2.75) is 18.4 Å². The second-order valence-corrected chi connectivity index (χ2v) is 4.57. The molecule has 1 aliphatic heterocycles. The summed E-state index contributed by atoms with van der Waals surface area (Å²) in [5.74, 6) is -0.705. The van der Waals surface area contributed by atoms with Crippen molar-refractivity contribution in [3.05, 3.63) is 0 Å². The molecular weight excluding hydrogens is 208 g/mol. The van der Waals surface area contributed by atoms with Gasteiger partial charge in [-0.1, -0.05) is 0 Å². The molecule has 16 heavy (non-hydrogen) atoms. The van der Waals surface area contributed by atoms with Gasteiger partial charge in [0.1, 0.15) is 5.54 Å². The van der Waals surface area contributed by atoms with E-state index >= 15 is 0 Å². The number of carboxylic acids is 1. The minimum Gasteiger partial charge on any atom is -0.480 e. The highest BCUT2D eigenvalue weighted by atomic mass is 16.5. The van der Waals surface area contributed by atoms with Crippen molar-refractivity contribution in [2.24, 2.45) is 0 Å². The number of hydrogen-bond donors (Lipinski definition) is 1. The summed E-state index contributed by atoms with van der Waals surface area (Å²) in [6.07, 6.45) is 1.36. The van der Waals surface area contributed by atoms with Crippen LogP contribution in [0.1, 0.15) is 12.8 Å². The van der Waals surface area contributed by atoms with E-state index in [0.717, 1.165) is 19.6 Å². The highest BCUT2D eigenvalue weighted by Gasteiger charge is 2.43. The summed E-state index contributed by atoms with van der Waals surface area (Å²) in [6, 6.07) is 0. The van der Waals surface area contributed by atoms with Gasteiger partial charge >= 0.3 is 5.97 Å². The van der Waals surface area contributed by atoms with Gasteiger partial charge in [0.15, 0.2) is 0 Å². The number of methoxy groups -OCH3 is 1. The monoisotopic (exact) mass is 230 g/mol. The first-order valence-corrected chi connectivity index (χ1v) is 5.65. The van der Waals surface area contributed by atoms with Crippen molar-refractivity contribution in [2.75, 3.05) is 47.4 Å². The van der Waals surface area contributed by atoms with Crippen molar-refractivity contribution >= 4 is 5.97 Å². The van der Waals surface area contributed by atoms with E-state index in [1.165, 1.54) is 0 Å². The molecule has 0 bridgehead atoms. The number of hydrogen-bond acceptors (Lipinski definition) is 4. The number of aliphatic carboxylic acids is 1. The predicted molar refractivity (Wildman–Crippen MR) is 61.6 cm³/mol. The smallest absolute Gasteiger partial charge is 0.324 e. The quantitative estimate of drug-likeness (QED) is 0.726. The molecule has 0 aliphatic carbocycles. The first kappa shape index (κ1) is 13.4. The summed E-state index contributed by atoms with van der Waals surface area (Å²) in [7, 11) is 5.38. The highest BCUT2D eigenvalue weighted by Crippen LogP contribution is 2.27. The number of carboxylic acid groups (broad SMARTS) is 1. The van der Waals surface area contributed by atoms with E-state index in [-0.39, 0.29) is 0 Å². The third-order valence-corrected chi connectivity index (χ3v) is 3.55. The van der Waals surface area contributed by atoms with Gasteiger partial charge in [-0.25, -0.2) is 0 Å². The fraction of sp³-hybridized carbons (Fsp3) is 0.909. The van der Waals surface area contributed by atoms with Crippen LogP contribution >= 0.6 is 0 Å². The highest BCUT2D eigenvalue weighted by molar-refractivity contribution is 5.78. The van der Waals surface area contributed by atoms with Crippen LogP contribution in [0.4, 0.5) is 0 Å². The fourth-order valence-corrected chi connectivity index (χ4v) is 2.22. The Bertz CT molecular complexity index is 235. The van der Waals surface area contributed by atoms with Crippen LogP contribution in [0.2, 0.25) is 0 Å². The lowest BCUT2D eigenvalue weighted by Gasteiger charge is -2.42. The zero-order chi connectivity index (χ0) is 12.2. The zero-order valence-corrected chi connectivity index (χ0v) is 10.4. The van der Waals surface area contributed by atoms with Crippen LogP contribution < -0.4 is 0 Å². The second-order valence-electron chi connectivity index (χ2n) is 4.57. The van der Waals surface area contributed by atoms with Crippen molar-refractivity contribution in [1.82, 2.24) is 9.80 Å². The van der Waals surface area contributed by atoms with E-state index < -0.39 is 11.5 Å². The topological polar surface area (TPSA) is 53.0 Å². The number of rotatable bonds is 5. The van der Waals surface area contributed by atoms with Crippen LogP contribution in [0.3, 0.4) is 0 Å². The summed E-state index contributed by atoms with van der Waals surface area (Å²) in [6.45, 7) is 3.25. The number of likely N-dealkylation sites (tertiary alicyclic amines) is 1. The standard InChI is InChI=1S/C11H22N2O3/c1-12(2)11(10(14)15)4-6-13(7-5-11)8-9-16-3/h4-9H2,1-3H3,(H,14,15). The van der Waals surface area contributed by atoms with E-state index in [1.54, 1.807) is 7.11 Å². The average molecular weight is 230 g/mol. The first-order valence-electron chi connectivity index (χ1n) is 5.65. The van der Waals surface area contributed by atoms with Crippen LogP contribution in [0.5, 0.6) is 0 Å². The lowest BCUT2D eigenvalue weighted by Crippen LogP contribution is -2.57. The molecule has 1 heterocycles. The average Bonchev–Trinajstić information content (AvgIpc) is 2.26. The van der Waals surface area contributed by atoms with Gasteiger partial charge in [-0.3, -0.25) is 9.69 Å². The molecule has 1 saturated heterocycles. The van der Waals surface area contributed by atoms with Gasteiger partial charge in [-0.15, -0.1) is 0 Å². The van der Waals surface area contributed by atoms with Gasteiger partial charge in [-0.05, 0) is 26.9 Å². The maximum absolute atomic E-state index is 11.4. The van der Waals surface area contributed by atoms with E-state index in [1.807, 2.05) is 19.0 Å². The Morgan fingerprint density at radius 1 is 1.44 bits per heavy atom. The van der Waals surface area contributed by atoms with Gasteiger partial charge < -0.3 is 14.7 Å². The lowest BCUT2D eigenvalue weighted by atomic mass is 9.86. The van der Waals surface area contributed by atoms with Crippen LogP contribution in [-0.4, -0.2) is 73.9 Å². The molecule has 1 aliphatic rings. The Labute approximate surface area is 97.0 Å². The molecule has 0 aromatic heterocycles. The number of piperidine rings is 1. The maximum atomic E-state index is 11.4. The van der Waals surface area contributed by atoms with E-state index in [9.17, 15) is 9.90 Å². The number of ether oxygens (including phenoxy) is 1. The molecular formula is C11H22N2O3. The lowest BCUT2D eigenvalue weighted by molar-refractivity contribution is -0.153. The molecule has 0 amide bonds. The van der Waals surface area contributed by atoms with Crippen LogP contribution in [0.15, 0.2) is 0 Å². The van der Waals surface area contributed by atoms with Crippen molar-refractivity contribution in [3.8, 4) is 0 Å². The Balaban J connectivity index is 2.53. The van der Waals surface area contributed by atoms with E-state index in [0.29, 0.717) is 19.4 Å². The Kier molecular flexibility index (Phi) is 4.70. The normalized spacial score (nSPS) is 21.2. The molecule has 5 nitrogen and oxygen atoms in total. The van der Waals surface area contributed by atoms with Crippen molar-refractivity contribution in [1.29, 1.82) is 0 Å². The Morgan fingerprint density at radius 3 is 2.38 bits per heavy atom. The minimum absolute atomic E-state index is 0.677. The third-order valence-electron chi connectivity index (χ3n) is 3.55. The Morgan fingerprint density at radius 2 is 2.00 bits per heavy atom. The second kappa shape index (κ2) is 5.61. The molecule has 0 atom stereocenters. The summed E-state index contributed by atoms with van der Waals surface area (Å²) in [5, 5.41) is 9.34. The van der Waals surface area contributed by atoms with Crippen molar-refractivity contribution < 1.29 is 14.6 Å². The summed E-state index contributed by atoms with van der Waals surface area (Å²) in [5.41, 5.74) is -0.677. The fourth-order valence-electron chi connectivity index (χ4n) is 2.22. The van der Waals surface area contributed by atoms with E-state index in [4.69, 9.17) is 4.74 Å². The molecule has 1 N–H and O–H groups in total.